The predicted octanol–water partition coefficient (Wildman–Crippen LogP) is 1.21. The lowest BCUT2D eigenvalue weighted by molar-refractivity contribution is 0.916. The summed E-state index contributed by atoms with van der Waals surface area (Å²) in [6, 6.07) is 0. The van der Waals surface area contributed by atoms with Gasteiger partial charge in [-0.05, 0) is 6.92 Å². The molecule has 0 saturated carbocycles. The number of hydrogen-bond acceptors (Lipinski definition) is 2. The van der Waals surface area contributed by atoms with E-state index in [1.807, 2.05) is 6.92 Å². The normalized spacial score (nSPS) is 12.0. The molecule has 0 aliphatic carbocycles. The molecule has 0 amide bonds. The maximum atomic E-state index is 5.19. The molecule has 0 aliphatic rings. The van der Waals surface area contributed by atoms with Crippen LogP contribution in [0.1, 0.15) is 18.5 Å². The van der Waals surface area contributed by atoms with Crippen molar-refractivity contribution in [3.05, 3.63) is 24.3 Å². The van der Waals surface area contributed by atoms with E-state index in [4.69, 9.17) is 6.42 Å². The third-order valence-electron chi connectivity index (χ3n) is 1.28. The molecule has 1 aromatic heterocycles. The Morgan fingerprint density at radius 3 is 2.90 bits per heavy atom. The van der Waals surface area contributed by atoms with Crippen molar-refractivity contribution in [1.82, 2.24) is 9.97 Å². The lowest BCUT2D eigenvalue weighted by atomic mass is 10.1. The van der Waals surface area contributed by atoms with E-state index in [0.717, 1.165) is 5.69 Å². The number of nitrogens with zero attached hydrogens (tertiary/aromatic N) is 2. The van der Waals surface area contributed by atoms with Crippen LogP contribution in [-0.2, 0) is 0 Å². The monoisotopic (exact) mass is 132 g/mol. The fourth-order valence-electron chi connectivity index (χ4n) is 0.620. The van der Waals surface area contributed by atoms with E-state index in [1.54, 1.807) is 18.6 Å². The van der Waals surface area contributed by atoms with Crippen LogP contribution >= 0.6 is 0 Å². The highest BCUT2D eigenvalue weighted by molar-refractivity contribution is 5.13. The lowest BCUT2D eigenvalue weighted by Gasteiger charge is -1.99. The lowest BCUT2D eigenvalue weighted by Crippen LogP contribution is -1.93. The van der Waals surface area contributed by atoms with Crippen LogP contribution in [0.25, 0.3) is 0 Å². The first-order valence-corrected chi connectivity index (χ1v) is 3.06. The zero-order valence-electron chi connectivity index (χ0n) is 5.78. The molecule has 1 aromatic rings. The molecule has 1 atom stereocenters. The van der Waals surface area contributed by atoms with Crippen molar-refractivity contribution in [3.8, 4) is 12.3 Å². The average Bonchev–Trinajstić information content (AvgIpc) is 2.05. The second kappa shape index (κ2) is 2.98. The van der Waals surface area contributed by atoms with Crippen molar-refractivity contribution in [3.63, 3.8) is 0 Å². The van der Waals surface area contributed by atoms with E-state index in [1.165, 1.54) is 0 Å². The van der Waals surface area contributed by atoms with Gasteiger partial charge in [0.05, 0.1) is 11.6 Å². The molecule has 0 fully saturated rings. The van der Waals surface area contributed by atoms with E-state index >= 15 is 0 Å². The van der Waals surface area contributed by atoms with E-state index < -0.39 is 0 Å². The van der Waals surface area contributed by atoms with Gasteiger partial charge >= 0.3 is 0 Å². The average molecular weight is 132 g/mol. The van der Waals surface area contributed by atoms with Gasteiger partial charge in [0.25, 0.3) is 0 Å². The highest BCUT2D eigenvalue weighted by atomic mass is 14.8. The first-order valence-electron chi connectivity index (χ1n) is 3.06. The van der Waals surface area contributed by atoms with Crippen LogP contribution in [0.15, 0.2) is 18.6 Å². The van der Waals surface area contributed by atoms with Crippen LogP contribution in [0.5, 0.6) is 0 Å². The first-order chi connectivity index (χ1) is 4.84. The Morgan fingerprint density at radius 1 is 1.60 bits per heavy atom. The summed E-state index contributed by atoms with van der Waals surface area (Å²) in [6.45, 7) is 1.92. The van der Waals surface area contributed by atoms with Gasteiger partial charge < -0.3 is 0 Å². The molecule has 0 N–H and O–H groups in total. The van der Waals surface area contributed by atoms with E-state index in [-0.39, 0.29) is 5.92 Å². The van der Waals surface area contributed by atoms with Gasteiger partial charge in [0, 0.05) is 18.6 Å². The number of hydrogen-bond donors (Lipinski definition) is 0. The first kappa shape index (κ1) is 6.76. The molecule has 2 heteroatoms. The van der Waals surface area contributed by atoms with Crippen molar-refractivity contribution in [2.45, 2.75) is 12.8 Å². The Hall–Kier alpha value is -1.36. The maximum Gasteiger partial charge on any atom is 0.0733 e. The Bertz CT molecular complexity index is 235. The summed E-state index contributed by atoms with van der Waals surface area (Å²) in [5.41, 5.74) is 0.852. The summed E-state index contributed by atoms with van der Waals surface area (Å²) in [6.07, 6.45) is 10.1. The van der Waals surface area contributed by atoms with E-state index in [2.05, 4.69) is 15.9 Å². The van der Waals surface area contributed by atoms with Crippen LogP contribution in [-0.4, -0.2) is 9.97 Å². The van der Waals surface area contributed by atoms with Gasteiger partial charge in [0.1, 0.15) is 0 Å². The third kappa shape index (κ3) is 1.32. The summed E-state index contributed by atoms with van der Waals surface area (Å²) in [7, 11) is 0. The number of terminal acetylenes is 1. The largest absolute Gasteiger partial charge is 0.261 e. The predicted molar refractivity (Wildman–Crippen MR) is 39.3 cm³/mol. The van der Waals surface area contributed by atoms with Crippen molar-refractivity contribution in [2.75, 3.05) is 0 Å². The Morgan fingerprint density at radius 2 is 2.40 bits per heavy atom. The number of aromatic nitrogens is 2. The molecule has 0 unspecified atom stereocenters. The van der Waals surface area contributed by atoms with Crippen LogP contribution < -0.4 is 0 Å². The standard InChI is InChI=1S/C8H8N2/c1-3-7(2)8-6-9-4-5-10-8/h1,4-7H,2H3/t7-/m1/s1. The van der Waals surface area contributed by atoms with Gasteiger partial charge in [-0.2, -0.15) is 0 Å². The minimum absolute atomic E-state index is 0.0636. The van der Waals surface area contributed by atoms with Crippen LogP contribution in [0, 0.1) is 12.3 Å². The molecule has 2 nitrogen and oxygen atoms in total. The SMILES string of the molecule is C#C[C@@H](C)c1cnccn1. The smallest absolute Gasteiger partial charge is 0.0733 e. The summed E-state index contributed by atoms with van der Waals surface area (Å²) >= 11 is 0. The highest BCUT2D eigenvalue weighted by Crippen LogP contribution is 2.07. The molecule has 10 heavy (non-hydrogen) atoms. The fourth-order valence-corrected chi connectivity index (χ4v) is 0.620. The summed E-state index contributed by atoms with van der Waals surface area (Å²) in [4.78, 5) is 7.94. The minimum Gasteiger partial charge on any atom is -0.261 e. The summed E-state index contributed by atoms with van der Waals surface area (Å²) in [5.74, 6) is 2.64. The minimum atomic E-state index is 0.0636. The van der Waals surface area contributed by atoms with Crippen molar-refractivity contribution < 1.29 is 0 Å². The molecule has 1 rings (SSSR count). The fraction of sp³-hybridized carbons (Fsp3) is 0.250. The van der Waals surface area contributed by atoms with E-state index in [0.29, 0.717) is 0 Å². The topological polar surface area (TPSA) is 25.8 Å². The molecule has 0 spiro atoms. The second-order valence-corrected chi connectivity index (χ2v) is 2.02. The highest BCUT2D eigenvalue weighted by Gasteiger charge is 1.99. The Kier molecular flexibility index (Phi) is 2.01. The third-order valence-corrected chi connectivity index (χ3v) is 1.28. The van der Waals surface area contributed by atoms with Gasteiger partial charge in [-0.25, -0.2) is 0 Å². The van der Waals surface area contributed by atoms with Crippen LogP contribution in [0.2, 0.25) is 0 Å². The van der Waals surface area contributed by atoms with Gasteiger partial charge in [0.15, 0.2) is 0 Å². The van der Waals surface area contributed by atoms with Gasteiger partial charge in [-0.1, -0.05) is 5.92 Å². The van der Waals surface area contributed by atoms with E-state index in [9.17, 15) is 0 Å². The summed E-state index contributed by atoms with van der Waals surface area (Å²) < 4.78 is 0. The van der Waals surface area contributed by atoms with Gasteiger partial charge in [-0.15, -0.1) is 6.42 Å². The van der Waals surface area contributed by atoms with Gasteiger partial charge in [-0.3, -0.25) is 9.97 Å². The second-order valence-electron chi connectivity index (χ2n) is 2.02. The molecule has 0 bridgehead atoms. The molecule has 0 aliphatic heterocycles. The zero-order valence-corrected chi connectivity index (χ0v) is 5.78. The van der Waals surface area contributed by atoms with Crippen LogP contribution in [0.4, 0.5) is 0 Å². The van der Waals surface area contributed by atoms with Gasteiger partial charge in [0.2, 0.25) is 0 Å². The molecular weight excluding hydrogens is 124 g/mol. The maximum absolute atomic E-state index is 5.19. The molecule has 0 aromatic carbocycles. The molecule has 1 heterocycles. The van der Waals surface area contributed by atoms with Crippen molar-refractivity contribution in [2.24, 2.45) is 0 Å². The Labute approximate surface area is 60.3 Å². The van der Waals surface area contributed by atoms with Crippen LogP contribution in [0.3, 0.4) is 0 Å². The molecule has 50 valence electrons. The molecular formula is C8H8N2. The Balaban J connectivity index is 2.88. The van der Waals surface area contributed by atoms with Crippen molar-refractivity contribution >= 4 is 0 Å². The molecule has 0 saturated heterocycles. The quantitative estimate of drug-likeness (QED) is 0.537. The summed E-state index contributed by atoms with van der Waals surface area (Å²) in [5, 5.41) is 0. The van der Waals surface area contributed by atoms with Crippen molar-refractivity contribution in [1.29, 1.82) is 0 Å². The number of rotatable bonds is 1. The zero-order chi connectivity index (χ0) is 7.40. The molecule has 0 radical (unpaired) electrons.